The molecule has 0 atom stereocenters. The highest BCUT2D eigenvalue weighted by molar-refractivity contribution is 5.75. The van der Waals surface area contributed by atoms with Gasteiger partial charge >= 0.3 is 0 Å². The lowest BCUT2D eigenvalue weighted by Gasteiger charge is -1.97. The molecule has 0 aromatic rings. The van der Waals surface area contributed by atoms with E-state index in [1.165, 1.54) is 64.2 Å². The Bertz CT molecular complexity index is 263. The van der Waals surface area contributed by atoms with E-state index in [0.717, 1.165) is 12.8 Å². The third kappa shape index (κ3) is 17.2. The zero-order valence-electron chi connectivity index (χ0n) is 13.7. The highest BCUT2D eigenvalue weighted by atomic mass is 16.1. The van der Waals surface area contributed by atoms with Crippen LogP contribution in [0.1, 0.15) is 90.9 Å². The van der Waals surface area contributed by atoms with E-state index in [0.29, 0.717) is 5.78 Å². The van der Waals surface area contributed by atoms with E-state index in [9.17, 15) is 4.79 Å². The van der Waals surface area contributed by atoms with Crippen molar-refractivity contribution in [2.45, 2.75) is 90.9 Å². The number of unbranched alkanes of at least 4 members (excludes halogenated alkanes) is 9. The van der Waals surface area contributed by atoms with Gasteiger partial charge in [-0.05, 0) is 39.0 Å². The fourth-order valence-electron chi connectivity index (χ4n) is 2.21. The predicted molar refractivity (Wildman–Crippen MR) is 90.0 cm³/mol. The van der Waals surface area contributed by atoms with E-state index in [4.69, 9.17) is 0 Å². The number of rotatable bonds is 14. The molecule has 1 nitrogen and oxygen atoms in total. The Labute approximate surface area is 126 Å². The molecule has 116 valence electrons. The number of carbonyl (C=O) groups excluding carboxylic acids is 1. The van der Waals surface area contributed by atoms with Gasteiger partial charge in [-0.15, -0.1) is 0 Å². The SMILES string of the molecule is CCCCCCC/C=C/C=C/CCCCCCC(C)=O. The minimum atomic E-state index is 0.324. The summed E-state index contributed by atoms with van der Waals surface area (Å²) < 4.78 is 0. The Morgan fingerprint density at radius 2 is 1.25 bits per heavy atom. The van der Waals surface area contributed by atoms with Crippen molar-refractivity contribution < 1.29 is 4.79 Å². The molecule has 0 aliphatic heterocycles. The van der Waals surface area contributed by atoms with Crippen LogP contribution in [0.25, 0.3) is 0 Å². The molecular formula is C19H34O. The number of hydrogen-bond donors (Lipinski definition) is 0. The maximum absolute atomic E-state index is 10.8. The summed E-state index contributed by atoms with van der Waals surface area (Å²) in [7, 11) is 0. The molecule has 0 unspecified atom stereocenters. The molecule has 0 heterocycles. The van der Waals surface area contributed by atoms with Crippen LogP contribution in [0, 0.1) is 0 Å². The summed E-state index contributed by atoms with van der Waals surface area (Å²) in [5, 5.41) is 0. The van der Waals surface area contributed by atoms with Crippen LogP contribution in [0.15, 0.2) is 24.3 Å². The second kappa shape index (κ2) is 16.2. The molecule has 0 rings (SSSR count). The summed E-state index contributed by atoms with van der Waals surface area (Å²) in [5.41, 5.74) is 0. The van der Waals surface area contributed by atoms with Crippen LogP contribution >= 0.6 is 0 Å². The van der Waals surface area contributed by atoms with Gasteiger partial charge in [0, 0.05) is 6.42 Å². The number of carbonyl (C=O) groups is 1. The van der Waals surface area contributed by atoms with Crippen LogP contribution in [0.4, 0.5) is 0 Å². The summed E-state index contributed by atoms with van der Waals surface area (Å²) in [6.45, 7) is 3.94. The molecule has 1 heteroatoms. The molecule has 0 saturated carbocycles. The topological polar surface area (TPSA) is 17.1 Å². The highest BCUT2D eigenvalue weighted by Crippen LogP contribution is 2.07. The Morgan fingerprint density at radius 3 is 1.75 bits per heavy atom. The number of ketones is 1. The molecule has 0 spiro atoms. The van der Waals surface area contributed by atoms with Gasteiger partial charge in [0.1, 0.15) is 5.78 Å². The molecule has 20 heavy (non-hydrogen) atoms. The maximum atomic E-state index is 10.8. The van der Waals surface area contributed by atoms with E-state index >= 15 is 0 Å². The normalized spacial score (nSPS) is 11.7. The Kier molecular flexibility index (Phi) is 15.5. The summed E-state index contributed by atoms with van der Waals surface area (Å²) in [5.74, 6) is 0.324. The molecule has 0 radical (unpaired) electrons. The lowest BCUT2D eigenvalue weighted by Crippen LogP contribution is -1.88. The molecule has 0 aliphatic rings. The van der Waals surface area contributed by atoms with Crippen molar-refractivity contribution in [3.05, 3.63) is 24.3 Å². The fourth-order valence-corrected chi connectivity index (χ4v) is 2.21. The molecule has 0 aromatic carbocycles. The van der Waals surface area contributed by atoms with Crippen molar-refractivity contribution in [2.24, 2.45) is 0 Å². The lowest BCUT2D eigenvalue weighted by atomic mass is 10.1. The largest absolute Gasteiger partial charge is 0.300 e. The van der Waals surface area contributed by atoms with Gasteiger partial charge in [-0.25, -0.2) is 0 Å². The van der Waals surface area contributed by atoms with E-state index in [-0.39, 0.29) is 0 Å². The van der Waals surface area contributed by atoms with Crippen LogP contribution in [-0.2, 0) is 4.79 Å². The van der Waals surface area contributed by atoms with Gasteiger partial charge in [0.25, 0.3) is 0 Å². The molecule has 0 fully saturated rings. The van der Waals surface area contributed by atoms with Gasteiger partial charge < -0.3 is 4.79 Å². The second-order valence-electron chi connectivity index (χ2n) is 5.71. The third-order valence-corrected chi connectivity index (χ3v) is 3.51. The molecule has 0 saturated heterocycles. The van der Waals surface area contributed by atoms with Gasteiger partial charge in [0.2, 0.25) is 0 Å². The number of Topliss-reactive ketones (excluding diaryl/α,β-unsaturated/α-hetero) is 1. The van der Waals surface area contributed by atoms with Crippen molar-refractivity contribution in [2.75, 3.05) is 0 Å². The van der Waals surface area contributed by atoms with E-state index < -0.39 is 0 Å². The highest BCUT2D eigenvalue weighted by Gasteiger charge is 1.92. The average molecular weight is 278 g/mol. The molecule has 0 aromatic heterocycles. The zero-order chi connectivity index (χ0) is 14.9. The Hall–Kier alpha value is -0.850. The van der Waals surface area contributed by atoms with Crippen LogP contribution in [0.5, 0.6) is 0 Å². The monoisotopic (exact) mass is 278 g/mol. The van der Waals surface area contributed by atoms with Gasteiger partial charge in [-0.1, -0.05) is 69.8 Å². The predicted octanol–water partition coefficient (Wildman–Crippen LogP) is 6.39. The van der Waals surface area contributed by atoms with Crippen LogP contribution in [0.3, 0.4) is 0 Å². The quantitative estimate of drug-likeness (QED) is 0.266. The summed E-state index contributed by atoms with van der Waals surface area (Å²) in [4.78, 5) is 10.8. The standard InChI is InChI=1S/C19H34O/c1-3-4-5-6-7-8-9-10-11-12-13-14-15-16-17-18-19(2)20/h9-12H,3-8,13-18H2,1-2H3/b10-9+,12-11+. The van der Waals surface area contributed by atoms with Crippen LogP contribution in [0.2, 0.25) is 0 Å². The molecule has 0 amide bonds. The van der Waals surface area contributed by atoms with Crippen LogP contribution in [-0.4, -0.2) is 5.78 Å². The zero-order valence-corrected chi connectivity index (χ0v) is 13.7. The lowest BCUT2D eigenvalue weighted by molar-refractivity contribution is -0.117. The van der Waals surface area contributed by atoms with E-state index in [1.807, 2.05) is 0 Å². The third-order valence-electron chi connectivity index (χ3n) is 3.51. The van der Waals surface area contributed by atoms with Crippen molar-refractivity contribution in [3.8, 4) is 0 Å². The van der Waals surface area contributed by atoms with Gasteiger partial charge in [-0.3, -0.25) is 0 Å². The van der Waals surface area contributed by atoms with Gasteiger partial charge in [0.05, 0.1) is 0 Å². The Morgan fingerprint density at radius 1 is 0.750 bits per heavy atom. The van der Waals surface area contributed by atoms with Gasteiger partial charge in [0.15, 0.2) is 0 Å². The summed E-state index contributed by atoms with van der Waals surface area (Å²) in [6.07, 6.45) is 23.6. The first kappa shape index (κ1) is 19.1. The van der Waals surface area contributed by atoms with Crippen LogP contribution < -0.4 is 0 Å². The summed E-state index contributed by atoms with van der Waals surface area (Å²) in [6, 6.07) is 0. The molecular weight excluding hydrogens is 244 g/mol. The van der Waals surface area contributed by atoms with E-state index in [1.54, 1.807) is 6.92 Å². The first-order valence-corrected chi connectivity index (χ1v) is 8.58. The molecule has 0 bridgehead atoms. The van der Waals surface area contributed by atoms with E-state index in [2.05, 4.69) is 31.2 Å². The smallest absolute Gasteiger partial charge is 0.129 e. The van der Waals surface area contributed by atoms with Crippen molar-refractivity contribution in [3.63, 3.8) is 0 Å². The first-order valence-electron chi connectivity index (χ1n) is 8.58. The number of allylic oxidation sites excluding steroid dienone is 4. The van der Waals surface area contributed by atoms with Crippen molar-refractivity contribution >= 4 is 5.78 Å². The molecule has 0 N–H and O–H groups in total. The molecule has 0 aliphatic carbocycles. The average Bonchev–Trinajstić information content (AvgIpc) is 2.43. The first-order chi connectivity index (χ1) is 9.77. The number of hydrogen-bond acceptors (Lipinski definition) is 1. The summed E-state index contributed by atoms with van der Waals surface area (Å²) >= 11 is 0. The fraction of sp³-hybridized carbons (Fsp3) is 0.737. The minimum absolute atomic E-state index is 0.324. The Balaban J connectivity index is 3.20. The minimum Gasteiger partial charge on any atom is -0.300 e. The maximum Gasteiger partial charge on any atom is 0.129 e. The van der Waals surface area contributed by atoms with Crippen molar-refractivity contribution in [1.29, 1.82) is 0 Å². The van der Waals surface area contributed by atoms with Crippen molar-refractivity contribution in [1.82, 2.24) is 0 Å². The second-order valence-corrected chi connectivity index (χ2v) is 5.71. The van der Waals surface area contributed by atoms with Gasteiger partial charge in [-0.2, -0.15) is 0 Å².